The molecule has 0 saturated heterocycles. The molecular weight excluding hydrogens is 372 g/mol. The quantitative estimate of drug-likeness (QED) is 0.417. The van der Waals surface area contributed by atoms with Crippen molar-refractivity contribution >= 4 is 21.4 Å². The van der Waals surface area contributed by atoms with Crippen LogP contribution < -0.4 is 9.61 Å². The van der Waals surface area contributed by atoms with E-state index in [1.54, 1.807) is 0 Å². The highest BCUT2D eigenvalue weighted by Crippen LogP contribution is 2.40. The van der Waals surface area contributed by atoms with Crippen molar-refractivity contribution in [2.45, 2.75) is 0 Å². The highest BCUT2D eigenvalue weighted by atomic mass is 32.3. The molecule has 0 saturated carbocycles. The second-order valence-electron chi connectivity index (χ2n) is 5.14. The number of fused-ring (bicyclic) bond motifs is 1. The minimum absolute atomic E-state index is 0.261. The van der Waals surface area contributed by atoms with E-state index in [2.05, 4.69) is 4.18 Å². The summed E-state index contributed by atoms with van der Waals surface area (Å²) in [7, 11) is -5.16. The molecule has 11 heteroatoms. The van der Waals surface area contributed by atoms with Gasteiger partial charge in [-0.2, -0.15) is 8.42 Å². The van der Waals surface area contributed by atoms with Crippen molar-refractivity contribution in [3.8, 4) is 40.1 Å². The van der Waals surface area contributed by atoms with Gasteiger partial charge >= 0.3 is 10.4 Å². The Morgan fingerprint density at radius 3 is 2.19 bits per heavy atom. The third kappa shape index (κ3) is 3.08. The molecule has 0 aliphatic carbocycles. The van der Waals surface area contributed by atoms with Crippen molar-refractivity contribution in [2.24, 2.45) is 0 Å². The van der Waals surface area contributed by atoms with Gasteiger partial charge in [-0.05, 0) is 12.1 Å². The number of hydrogen-bond acceptors (Lipinski definition) is 9. The lowest BCUT2D eigenvalue weighted by molar-refractivity contribution is 0.380. The van der Waals surface area contributed by atoms with Gasteiger partial charge in [0.25, 0.3) is 0 Å². The monoisotopic (exact) mass is 382 g/mol. The average Bonchev–Trinajstić information content (AvgIpc) is 2.48. The summed E-state index contributed by atoms with van der Waals surface area (Å²) < 4.78 is 40.7. The van der Waals surface area contributed by atoms with Crippen molar-refractivity contribution in [3.63, 3.8) is 0 Å². The second-order valence-corrected chi connectivity index (χ2v) is 6.16. The van der Waals surface area contributed by atoms with Gasteiger partial charge < -0.3 is 29.0 Å². The van der Waals surface area contributed by atoms with Crippen LogP contribution >= 0.6 is 0 Å². The maximum absolute atomic E-state index is 12.6. The van der Waals surface area contributed by atoms with Gasteiger partial charge in [-0.15, -0.1) is 0 Å². The van der Waals surface area contributed by atoms with E-state index >= 15 is 0 Å². The van der Waals surface area contributed by atoms with E-state index in [0.29, 0.717) is 0 Å². The number of phenolic OH excluding ortho intramolecular Hbond substituents is 4. The van der Waals surface area contributed by atoms with Crippen molar-refractivity contribution < 1.29 is 42.0 Å². The normalized spacial score (nSPS) is 11.6. The first-order valence-corrected chi connectivity index (χ1v) is 8.15. The Labute approximate surface area is 144 Å². The second kappa shape index (κ2) is 5.82. The van der Waals surface area contributed by atoms with Crippen LogP contribution in [0.1, 0.15) is 0 Å². The summed E-state index contributed by atoms with van der Waals surface area (Å²) in [6.45, 7) is 0. The largest absolute Gasteiger partial charge is 0.508 e. The van der Waals surface area contributed by atoms with Crippen LogP contribution in [0.2, 0.25) is 0 Å². The molecule has 0 radical (unpaired) electrons. The lowest BCUT2D eigenvalue weighted by Gasteiger charge is -2.11. The number of aromatic hydroxyl groups is 4. The van der Waals surface area contributed by atoms with Crippen molar-refractivity contribution in [1.82, 2.24) is 0 Å². The Kier molecular flexibility index (Phi) is 3.89. The average molecular weight is 382 g/mol. The smallest absolute Gasteiger partial charge is 0.446 e. The minimum atomic E-state index is -5.16. The Hall–Kier alpha value is -3.44. The van der Waals surface area contributed by atoms with Gasteiger partial charge in [-0.25, -0.2) is 0 Å². The van der Waals surface area contributed by atoms with E-state index in [-0.39, 0.29) is 16.9 Å². The first-order valence-electron chi connectivity index (χ1n) is 6.79. The van der Waals surface area contributed by atoms with Gasteiger partial charge in [-0.3, -0.25) is 9.35 Å². The van der Waals surface area contributed by atoms with E-state index in [1.165, 1.54) is 0 Å². The van der Waals surface area contributed by atoms with E-state index < -0.39 is 50.0 Å². The maximum atomic E-state index is 12.6. The van der Waals surface area contributed by atoms with Crippen LogP contribution in [0.15, 0.2) is 39.5 Å². The van der Waals surface area contributed by atoms with Gasteiger partial charge in [0.15, 0.2) is 5.76 Å². The molecule has 3 rings (SSSR count). The van der Waals surface area contributed by atoms with Crippen LogP contribution in [0.3, 0.4) is 0 Å². The van der Waals surface area contributed by atoms with Gasteiger partial charge in [0, 0.05) is 18.2 Å². The zero-order chi connectivity index (χ0) is 19.2. The van der Waals surface area contributed by atoms with E-state index in [4.69, 9.17) is 8.97 Å². The Bertz CT molecular complexity index is 1190. The lowest BCUT2D eigenvalue weighted by atomic mass is 10.1. The molecule has 0 fully saturated rings. The van der Waals surface area contributed by atoms with Crippen LogP contribution in [0.25, 0.3) is 22.3 Å². The van der Waals surface area contributed by atoms with Crippen LogP contribution in [0, 0.1) is 0 Å². The molecule has 2 aromatic carbocycles. The molecule has 0 spiro atoms. The van der Waals surface area contributed by atoms with Gasteiger partial charge in [0.05, 0.1) is 5.56 Å². The molecule has 136 valence electrons. The highest BCUT2D eigenvalue weighted by molar-refractivity contribution is 7.81. The van der Waals surface area contributed by atoms with Gasteiger partial charge in [-0.1, -0.05) is 0 Å². The summed E-state index contributed by atoms with van der Waals surface area (Å²) in [6, 6.07) is 4.87. The molecule has 0 unspecified atom stereocenters. The Balaban J connectivity index is 2.47. The highest BCUT2D eigenvalue weighted by Gasteiger charge is 2.25. The minimum Gasteiger partial charge on any atom is -0.508 e. The molecule has 5 N–H and O–H groups in total. The number of hydrogen-bond donors (Lipinski definition) is 5. The molecule has 10 nitrogen and oxygen atoms in total. The maximum Gasteiger partial charge on any atom is 0.446 e. The fourth-order valence-corrected chi connectivity index (χ4v) is 2.70. The molecule has 1 heterocycles. The molecule has 0 bridgehead atoms. The SMILES string of the molecule is O=c1c(OS(=O)(=O)O)c(-c2ccc(O)cc2O)oc2cc(O)cc(O)c12. The summed E-state index contributed by atoms with van der Waals surface area (Å²) in [4.78, 5) is 12.6. The molecule has 26 heavy (non-hydrogen) atoms. The predicted molar refractivity (Wildman–Crippen MR) is 86.8 cm³/mol. The van der Waals surface area contributed by atoms with Gasteiger partial charge in [0.1, 0.15) is 34.0 Å². The summed E-state index contributed by atoms with van der Waals surface area (Å²) in [5.41, 5.74) is -1.80. The van der Waals surface area contributed by atoms with Crippen LogP contribution in [-0.4, -0.2) is 33.4 Å². The zero-order valence-electron chi connectivity index (χ0n) is 12.6. The lowest BCUT2D eigenvalue weighted by Crippen LogP contribution is -2.15. The number of phenols is 4. The first-order chi connectivity index (χ1) is 12.1. The fraction of sp³-hybridized carbons (Fsp3) is 0. The third-order valence-electron chi connectivity index (χ3n) is 3.33. The molecule has 0 aliphatic rings. The molecule has 0 amide bonds. The van der Waals surface area contributed by atoms with Crippen molar-refractivity contribution in [2.75, 3.05) is 0 Å². The van der Waals surface area contributed by atoms with Crippen LogP contribution in [0.5, 0.6) is 28.7 Å². The van der Waals surface area contributed by atoms with E-state index in [0.717, 1.165) is 30.3 Å². The summed E-state index contributed by atoms with van der Waals surface area (Å²) >= 11 is 0. The molecule has 0 atom stereocenters. The van der Waals surface area contributed by atoms with Crippen molar-refractivity contribution in [3.05, 3.63) is 40.6 Å². The third-order valence-corrected chi connectivity index (χ3v) is 3.71. The zero-order valence-corrected chi connectivity index (χ0v) is 13.4. The summed E-state index contributed by atoms with van der Waals surface area (Å²) in [5.74, 6) is -3.78. The summed E-state index contributed by atoms with van der Waals surface area (Å²) in [6.07, 6.45) is 0. The van der Waals surface area contributed by atoms with E-state index in [1.807, 2.05) is 0 Å². The van der Waals surface area contributed by atoms with Gasteiger partial charge in [0.2, 0.25) is 11.2 Å². The molecule has 0 aliphatic heterocycles. The summed E-state index contributed by atoms with van der Waals surface area (Å²) in [5, 5.41) is 38.2. The standard InChI is InChI=1S/C15H10O10S/c16-6-1-2-8(9(18)3-6)14-15(25-26(21,22)23)13(20)12-10(19)4-7(17)5-11(12)24-14/h1-5,16-19H,(H,21,22,23). The fourth-order valence-electron chi connectivity index (χ4n) is 2.34. The molecular formula is C15H10O10S. The van der Waals surface area contributed by atoms with Crippen LogP contribution in [-0.2, 0) is 10.4 Å². The first kappa shape index (κ1) is 17.4. The van der Waals surface area contributed by atoms with Crippen molar-refractivity contribution in [1.29, 1.82) is 0 Å². The Morgan fingerprint density at radius 1 is 0.923 bits per heavy atom. The number of rotatable bonds is 3. The molecule has 1 aromatic heterocycles. The predicted octanol–water partition coefficient (Wildman–Crippen LogP) is 1.46. The van der Waals surface area contributed by atoms with E-state index in [9.17, 15) is 33.6 Å². The van der Waals surface area contributed by atoms with Crippen LogP contribution in [0.4, 0.5) is 0 Å². The topological polar surface area (TPSA) is 175 Å². The Morgan fingerprint density at radius 2 is 1.58 bits per heavy atom. The molecule has 3 aromatic rings. The number of benzene rings is 2.